The number of carbonyl (C=O) groups excluding carboxylic acids is 1. The maximum absolute atomic E-state index is 12.2. The molecule has 0 bridgehead atoms. The zero-order valence-corrected chi connectivity index (χ0v) is 12.7. The molecule has 0 atom stereocenters. The van der Waals surface area contributed by atoms with Crippen LogP contribution < -0.4 is 9.47 Å². The van der Waals surface area contributed by atoms with Gasteiger partial charge < -0.3 is 14.6 Å². The van der Waals surface area contributed by atoms with Crippen LogP contribution in [0.4, 0.5) is 0 Å². The molecule has 0 spiro atoms. The number of ketones is 1. The zero-order valence-electron chi connectivity index (χ0n) is 11.1. The van der Waals surface area contributed by atoms with Gasteiger partial charge in [-0.3, -0.25) is 4.79 Å². The summed E-state index contributed by atoms with van der Waals surface area (Å²) in [5, 5.41) is 9.36. The molecule has 0 radical (unpaired) electrons. The van der Waals surface area contributed by atoms with Gasteiger partial charge in [0.15, 0.2) is 17.3 Å². The fourth-order valence-corrected chi connectivity index (χ4v) is 2.85. The molecule has 1 heterocycles. The molecule has 2 rings (SSSR count). The Morgan fingerprint density at radius 2 is 1.95 bits per heavy atom. The van der Waals surface area contributed by atoms with Crippen LogP contribution in [0.2, 0.25) is 0 Å². The number of rotatable bonds is 5. The predicted octanol–water partition coefficient (Wildman–Crippen LogP) is 3.45. The van der Waals surface area contributed by atoms with Gasteiger partial charge in [-0.2, -0.15) is 0 Å². The Bertz CT molecular complexity index is 573. The van der Waals surface area contributed by atoms with Crippen molar-refractivity contribution in [1.82, 2.24) is 0 Å². The highest BCUT2D eigenvalue weighted by molar-refractivity contribution is 8.21. The van der Waals surface area contributed by atoms with E-state index in [1.807, 2.05) is 12.5 Å². The first kappa shape index (κ1) is 14.9. The summed E-state index contributed by atoms with van der Waals surface area (Å²) in [4.78, 5) is 12.2. The molecule has 0 unspecified atom stereocenters. The van der Waals surface area contributed by atoms with E-state index in [0.717, 1.165) is 10.5 Å². The fourth-order valence-electron chi connectivity index (χ4n) is 1.73. The van der Waals surface area contributed by atoms with E-state index < -0.39 is 0 Å². The number of aliphatic hydroxyl groups is 1. The summed E-state index contributed by atoms with van der Waals surface area (Å²) in [7, 11) is 0. The van der Waals surface area contributed by atoms with Gasteiger partial charge in [-0.25, -0.2) is 0 Å². The van der Waals surface area contributed by atoms with E-state index in [1.165, 1.54) is 29.6 Å². The lowest BCUT2D eigenvalue weighted by molar-refractivity contribution is -0.109. The summed E-state index contributed by atoms with van der Waals surface area (Å²) in [5.74, 6) is 0.974. The predicted molar refractivity (Wildman–Crippen MR) is 83.3 cm³/mol. The van der Waals surface area contributed by atoms with E-state index in [1.54, 1.807) is 18.2 Å². The van der Waals surface area contributed by atoms with Gasteiger partial charge >= 0.3 is 0 Å². The molecule has 0 saturated heterocycles. The maximum Gasteiger partial charge on any atom is 0.231 e. The van der Waals surface area contributed by atoms with E-state index in [0.29, 0.717) is 17.1 Å². The van der Waals surface area contributed by atoms with Gasteiger partial charge in [0.25, 0.3) is 0 Å². The van der Waals surface area contributed by atoms with Crippen LogP contribution in [-0.2, 0) is 4.79 Å². The number of carbonyl (C=O) groups is 1. The number of aliphatic hydroxyl groups excluding tert-OH is 1. The topological polar surface area (TPSA) is 55.8 Å². The summed E-state index contributed by atoms with van der Waals surface area (Å²) < 4.78 is 11.4. The first-order valence-corrected chi connectivity index (χ1v) is 8.23. The first-order valence-electron chi connectivity index (χ1n) is 5.78. The Morgan fingerprint density at radius 3 is 2.60 bits per heavy atom. The standard InChI is InChI=1S/C14H14O4S2/c1-19-14(20-2)6-11(16)10(7-15)9-3-4-12-13(5-9)18-8-17-12/h3-7,15H,8H2,1-2H3/b10-7-. The van der Waals surface area contributed by atoms with Crippen molar-refractivity contribution in [2.45, 2.75) is 0 Å². The quantitative estimate of drug-likeness (QED) is 0.664. The van der Waals surface area contributed by atoms with Gasteiger partial charge in [0.1, 0.15) is 0 Å². The largest absolute Gasteiger partial charge is 0.515 e. The molecule has 0 saturated carbocycles. The van der Waals surface area contributed by atoms with Crippen molar-refractivity contribution in [3.8, 4) is 11.5 Å². The molecule has 20 heavy (non-hydrogen) atoms. The number of thioether (sulfide) groups is 2. The van der Waals surface area contributed by atoms with Gasteiger partial charge in [-0.05, 0) is 30.2 Å². The minimum absolute atomic E-state index is 0.175. The molecule has 1 aliphatic rings. The number of fused-ring (bicyclic) bond motifs is 1. The number of hydrogen-bond acceptors (Lipinski definition) is 6. The fraction of sp³-hybridized carbons (Fsp3) is 0.214. The maximum atomic E-state index is 12.2. The number of allylic oxidation sites excluding steroid dienone is 2. The van der Waals surface area contributed by atoms with E-state index in [4.69, 9.17) is 9.47 Å². The third kappa shape index (κ3) is 3.13. The van der Waals surface area contributed by atoms with Gasteiger partial charge in [0.2, 0.25) is 6.79 Å². The second kappa shape index (κ2) is 6.76. The lowest BCUT2D eigenvalue weighted by Crippen LogP contribution is -1.99. The molecule has 1 N–H and O–H groups in total. The summed E-state index contributed by atoms with van der Waals surface area (Å²) in [6, 6.07) is 5.13. The van der Waals surface area contributed by atoms with E-state index in [2.05, 4.69) is 0 Å². The highest BCUT2D eigenvalue weighted by atomic mass is 32.2. The molecule has 0 aliphatic carbocycles. The van der Waals surface area contributed by atoms with E-state index >= 15 is 0 Å². The Labute approximate surface area is 125 Å². The van der Waals surface area contributed by atoms with Crippen LogP contribution in [0.1, 0.15) is 5.56 Å². The smallest absolute Gasteiger partial charge is 0.231 e. The molecule has 1 aliphatic heterocycles. The Kier molecular flexibility index (Phi) is 5.03. The highest BCUT2D eigenvalue weighted by Crippen LogP contribution is 2.35. The summed E-state index contributed by atoms with van der Waals surface area (Å²) in [6.45, 7) is 0.175. The highest BCUT2D eigenvalue weighted by Gasteiger charge is 2.17. The second-order valence-electron chi connectivity index (χ2n) is 3.85. The molecule has 0 fully saturated rings. The van der Waals surface area contributed by atoms with Crippen molar-refractivity contribution < 1.29 is 19.4 Å². The van der Waals surface area contributed by atoms with Crippen LogP contribution in [0.3, 0.4) is 0 Å². The average molecular weight is 310 g/mol. The summed E-state index contributed by atoms with van der Waals surface area (Å²) in [5.41, 5.74) is 0.823. The zero-order chi connectivity index (χ0) is 14.5. The Hall–Kier alpha value is -1.53. The van der Waals surface area contributed by atoms with E-state index in [9.17, 15) is 9.90 Å². The summed E-state index contributed by atoms with van der Waals surface area (Å²) >= 11 is 2.98. The van der Waals surface area contributed by atoms with Gasteiger partial charge in [-0.1, -0.05) is 6.07 Å². The van der Waals surface area contributed by atoms with Crippen LogP contribution in [0.15, 0.2) is 34.8 Å². The third-order valence-corrected chi connectivity index (χ3v) is 4.77. The average Bonchev–Trinajstić information content (AvgIpc) is 2.93. The molecular weight excluding hydrogens is 296 g/mol. The van der Waals surface area contributed by atoms with Crippen LogP contribution in [0, 0.1) is 0 Å². The lowest BCUT2D eigenvalue weighted by Gasteiger charge is -2.05. The van der Waals surface area contributed by atoms with Crippen LogP contribution >= 0.6 is 23.5 Å². The molecule has 106 valence electrons. The summed E-state index contributed by atoms with van der Waals surface area (Å²) in [6.07, 6.45) is 6.15. The van der Waals surface area contributed by atoms with Crippen molar-refractivity contribution in [3.63, 3.8) is 0 Å². The molecule has 1 aromatic rings. The third-order valence-electron chi connectivity index (χ3n) is 2.73. The van der Waals surface area contributed by atoms with Crippen LogP contribution in [0.25, 0.3) is 5.57 Å². The van der Waals surface area contributed by atoms with Gasteiger partial charge in [0.05, 0.1) is 11.8 Å². The molecule has 1 aromatic carbocycles. The Morgan fingerprint density at radius 1 is 1.25 bits per heavy atom. The number of benzene rings is 1. The second-order valence-corrected chi connectivity index (χ2v) is 5.80. The Balaban J connectivity index is 2.29. The number of hydrogen-bond donors (Lipinski definition) is 1. The molecular formula is C14H14O4S2. The lowest BCUT2D eigenvalue weighted by atomic mass is 10.0. The monoisotopic (exact) mass is 310 g/mol. The van der Waals surface area contributed by atoms with Crippen molar-refractivity contribution >= 4 is 34.9 Å². The van der Waals surface area contributed by atoms with Crippen molar-refractivity contribution in [2.24, 2.45) is 0 Å². The molecule has 4 nitrogen and oxygen atoms in total. The van der Waals surface area contributed by atoms with Crippen LogP contribution in [0.5, 0.6) is 11.5 Å². The minimum Gasteiger partial charge on any atom is -0.515 e. The normalized spacial score (nSPS) is 13.2. The SMILES string of the molecule is CSC(=CC(=O)/C(=C\O)c1ccc2c(c1)OCO2)SC. The molecule has 0 amide bonds. The van der Waals surface area contributed by atoms with E-state index in [-0.39, 0.29) is 18.1 Å². The van der Waals surface area contributed by atoms with Gasteiger partial charge in [-0.15, -0.1) is 23.5 Å². The van der Waals surface area contributed by atoms with Gasteiger partial charge in [0, 0.05) is 10.3 Å². The van der Waals surface area contributed by atoms with Crippen LogP contribution in [-0.4, -0.2) is 30.2 Å². The molecule has 0 aromatic heterocycles. The first-order chi connectivity index (χ1) is 9.69. The molecule has 6 heteroatoms. The minimum atomic E-state index is -0.245. The van der Waals surface area contributed by atoms with Crippen molar-refractivity contribution in [3.05, 3.63) is 40.3 Å². The van der Waals surface area contributed by atoms with Crippen molar-refractivity contribution in [2.75, 3.05) is 19.3 Å². The van der Waals surface area contributed by atoms with Crippen molar-refractivity contribution in [1.29, 1.82) is 0 Å². The number of ether oxygens (including phenoxy) is 2.